The first kappa shape index (κ1) is 17.6. The summed E-state index contributed by atoms with van der Waals surface area (Å²) in [4.78, 5) is 17.9. The standard InChI is InChI=1S/C20H15ClN2O3S/c1-2-26-17-9-12(3-8-16(17)24)10-18-19(25)23-11-15(22-20(23)27-18)13-4-6-14(21)7-5-13/h3-11,24H,2H2,1H3/b18-10-. The molecule has 0 spiro atoms. The maximum Gasteiger partial charge on any atom is 0.274 e. The Hall–Kier alpha value is -2.83. The molecular weight excluding hydrogens is 384 g/mol. The summed E-state index contributed by atoms with van der Waals surface area (Å²) in [7, 11) is 0. The van der Waals surface area contributed by atoms with Crippen LogP contribution in [0.3, 0.4) is 0 Å². The van der Waals surface area contributed by atoms with Crippen LogP contribution in [0.15, 0.2) is 53.5 Å². The smallest absolute Gasteiger partial charge is 0.274 e. The first-order chi connectivity index (χ1) is 13.0. The largest absolute Gasteiger partial charge is 0.504 e. The number of aromatic hydroxyl groups is 1. The molecule has 0 aliphatic carbocycles. The molecule has 2 aromatic heterocycles. The Morgan fingerprint density at radius 1 is 1.26 bits per heavy atom. The molecule has 0 saturated heterocycles. The molecule has 136 valence electrons. The highest BCUT2D eigenvalue weighted by Crippen LogP contribution is 2.27. The molecule has 5 nitrogen and oxygen atoms in total. The lowest BCUT2D eigenvalue weighted by Crippen LogP contribution is -2.22. The van der Waals surface area contributed by atoms with Crippen molar-refractivity contribution in [3.63, 3.8) is 0 Å². The number of nitrogens with zero attached hydrogens (tertiary/aromatic N) is 2. The Morgan fingerprint density at radius 3 is 2.74 bits per heavy atom. The molecule has 0 aliphatic heterocycles. The van der Waals surface area contributed by atoms with Crippen LogP contribution in [-0.2, 0) is 0 Å². The zero-order valence-electron chi connectivity index (χ0n) is 14.3. The molecule has 0 saturated carbocycles. The van der Waals surface area contributed by atoms with E-state index >= 15 is 0 Å². The fourth-order valence-electron chi connectivity index (χ4n) is 2.74. The molecule has 0 fully saturated rings. The van der Waals surface area contributed by atoms with E-state index in [2.05, 4.69) is 4.98 Å². The summed E-state index contributed by atoms with van der Waals surface area (Å²) in [5.41, 5.74) is 2.27. The van der Waals surface area contributed by atoms with Gasteiger partial charge in [-0.2, -0.15) is 0 Å². The molecule has 4 aromatic rings. The van der Waals surface area contributed by atoms with Gasteiger partial charge in [0, 0.05) is 16.8 Å². The number of fused-ring (bicyclic) bond motifs is 1. The van der Waals surface area contributed by atoms with E-state index in [4.69, 9.17) is 16.3 Å². The van der Waals surface area contributed by atoms with Gasteiger partial charge in [0.25, 0.3) is 5.56 Å². The van der Waals surface area contributed by atoms with Gasteiger partial charge in [-0.25, -0.2) is 4.98 Å². The maximum absolute atomic E-state index is 12.7. The van der Waals surface area contributed by atoms with Gasteiger partial charge in [0.15, 0.2) is 16.5 Å². The lowest BCUT2D eigenvalue weighted by Gasteiger charge is -2.05. The van der Waals surface area contributed by atoms with Crippen LogP contribution in [0, 0.1) is 0 Å². The van der Waals surface area contributed by atoms with E-state index in [9.17, 15) is 9.90 Å². The van der Waals surface area contributed by atoms with Crippen molar-refractivity contribution in [1.82, 2.24) is 9.38 Å². The quantitative estimate of drug-likeness (QED) is 0.569. The molecule has 0 aliphatic rings. The minimum atomic E-state index is -0.131. The monoisotopic (exact) mass is 398 g/mol. The van der Waals surface area contributed by atoms with Crippen LogP contribution in [0.2, 0.25) is 5.02 Å². The Kier molecular flexibility index (Phi) is 4.59. The lowest BCUT2D eigenvalue weighted by molar-refractivity contribution is 0.318. The average molecular weight is 399 g/mol. The van der Waals surface area contributed by atoms with Crippen molar-refractivity contribution in [3.05, 3.63) is 74.1 Å². The molecule has 0 radical (unpaired) electrons. The van der Waals surface area contributed by atoms with E-state index in [1.54, 1.807) is 47.0 Å². The highest BCUT2D eigenvalue weighted by molar-refractivity contribution is 7.15. The van der Waals surface area contributed by atoms with Crippen LogP contribution >= 0.6 is 22.9 Å². The maximum atomic E-state index is 12.7. The molecule has 0 bridgehead atoms. The second-order valence-electron chi connectivity index (χ2n) is 5.86. The van der Waals surface area contributed by atoms with Gasteiger partial charge in [0.1, 0.15) is 0 Å². The zero-order chi connectivity index (χ0) is 19.0. The second kappa shape index (κ2) is 7.06. The number of hydrogen-bond acceptors (Lipinski definition) is 5. The van der Waals surface area contributed by atoms with E-state index in [1.807, 2.05) is 19.1 Å². The lowest BCUT2D eigenvalue weighted by atomic mass is 10.2. The SMILES string of the molecule is CCOc1cc(/C=c2\sc3nc(-c4ccc(Cl)cc4)cn3c2=O)ccc1O. The number of imidazole rings is 1. The number of phenolic OH excluding ortho intramolecular Hbond substituents is 1. The number of phenols is 1. The summed E-state index contributed by atoms with van der Waals surface area (Å²) in [6.07, 6.45) is 3.50. The van der Waals surface area contributed by atoms with Gasteiger partial charge in [0.2, 0.25) is 0 Å². The molecule has 2 heterocycles. The Balaban J connectivity index is 1.75. The molecular formula is C20H15ClN2O3S. The summed E-state index contributed by atoms with van der Waals surface area (Å²) >= 11 is 7.23. The number of halogens is 1. The summed E-state index contributed by atoms with van der Waals surface area (Å²) < 4.78 is 7.50. The zero-order valence-corrected chi connectivity index (χ0v) is 15.9. The normalized spacial score (nSPS) is 12.0. The second-order valence-corrected chi connectivity index (χ2v) is 7.31. The van der Waals surface area contributed by atoms with Crippen LogP contribution in [-0.4, -0.2) is 21.1 Å². The fraction of sp³-hybridized carbons (Fsp3) is 0.100. The van der Waals surface area contributed by atoms with E-state index in [0.717, 1.165) is 16.8 Å². The number of aromatic nitrogens is 2. The summed E-state index contributed by atoms with van der Waals surface area (Å²) in [5, 5.41) is 10.5. The minimum Gasteiger partial charge on any atom is -0.504 e. The van der Waals surface area contributed by atoms with Gasteiger partial charge >= 0.3 is 0 Å². The van der Waals surface area contributed by atoms with Gasteiger partial charge in [0.05, 0.1) is 16.8 Å². The van der Waals surface area contributed by atoms with Gasteiger partial charge in [-0.05, 0) is 42.8 Å². The Bertz CT molecular complexity index is 1230. The van der Waals surface area contributed by atoms with Crippen molar-refractivity contribution >= 4 is 34.0 Å². The van der Waals surface area contributed by atoms with Crippen molar-refractivity contribution in [2.45, 2.75) is 6.92 Å². The van der Waals surface area contributed by atoms with Gasteiger partial charge in [-0.1, -0.05) is 41.1 Å². The number of hydrogen-bond donors (Lipinski definition) is 1. The number of rotatable bonds is 4. The molecule has 0 amide bonds. The summed E-state index contributed by atoms with van der Waals surface area (Å²) in [5.74, 6) is 0.468. The topological polar surface area (TPSA) is 63.8 Å². The van der Waals surface area contributed by atoms with Crippen molar-refractivity contribution in [2.75, 3.05) is 6.61 Å². The highest BCUT2D eigenvalue weighted by Gasteiger charge is 2.10. The molecule has 0 atom stereocenters. The molecule has 7 heteroatoms. The number of ether oxygens (including phenoxy) is 1. The summed E-state index contributed by atoms with van der Waals surface area (Å²) in [6, 6.07) is 12.3. The number of thiazole rings is 1. The Labute approximate surface area is 163 Å². The van der Waals surface area contributed by atoms with Crippen LogP contribution in [0.25, 0.3) is 22.3 Å². The fourth-order valence-corrected chi connectivity index (χ4v) is 3.82. The molecule has 0 unspecified atom stereocenters. The molecule has 2 aromatic carbocycles. The van der Waals surface area contributed by atoms with Crippen LogP contribution in [0.5, 0.6) is 11.5 Å². The predicted octanol–water partition coefficient (Wildman–Crippen LogP) is 3.73. The van der Waals surface area contributed by atoms with Crippen LogP contribution < -0.4 is 14.8 Å². The van der Waals surface area contributed by atoms with Crippen LogP contribution in [0.4, 0.5) is 0 Å². The van der Waals surface area contributed by atoms with Gasteiger partial charge < -0.3 is 9.84 Å². The van der Waals surface area contributed by atoms with Crippen LogP contribution in [0.1, 0.15) is 12.5 Å². The van der Waals surface area contributed by atoms with Crippen molar-refractivity contribution < 1.29 is 9.84 Å². The van der Waals surface area contributed by atoms with E-state index in [1.165, 1.54) is 11.3 Å². The minimum absolute atomic E-state index is 0.0740. The first-order valence-electron chi connectivity index (χ1n) is 8.30. The third kappa shape index (κ3) is 3.41. The van der Waals surface area contributed by atoms with E-state index < -0.39 is 0 Å². The first-order valence-corrected chi connectivity index (χ1v) is 9.50. The van der Waals surface area contributed by atoms with Crippen molar-refractivity contribution in [3.8, 4) is 22.8 Å². The Morgan fingerprint density at radius 2 is 2.04 bits per heavy atom. The van der Waals surface area contributed by atoms with Gasteiger partial charge in [-0.3, -0.25) is 9.20 Å². The average Bonchev–Trinajstić information content (AvgIpc) is 3.19. The molecule has 27 heavy (non-hydrogen) atoms. The predicted molar refractivity (Wildman–Crippen MR) is 108 cm³/mol. The molecule has 4 rings (SSSR count). The van der Waals surface area contributed by atoms with Crippen molar-refractivity contribution in [1.29, 1.82) is 0 Å². The number of benzene rings is 2. The summed E-state index contributed by atoms with van der Waals surface area (Å²) in [6.45, 7) is 2.29. The molecule has 1 N–H and O–H groups in total. The van der Waals surface area contributed by atoms with E-state index in [-0.39, 0.29) is 11.3 Å². The van der Waals surface area contributed by atoms with Gasteiger partial charge in [-0.15, -0.1) is 0 Å². The van der Waals surface area contributed by atoms with E-state index in [0.29, 0.717) is 26.9 Å². The third-order valence-corrected chi connectivity index (χ3v) is 5.26. The third-order valence-electron chi connectivity index (χ3n) is 4.03. The van der Waals surface area contributed by atoms with Crippen molar-refractivity contribution in [2.24, 2.45) is 0 Å². The highest BCUT2D eigenvalue weighted by atomic mass is 35.5.